The molecule has 8 heteroatoms. The van der Waals surface area contributed by atoms with Crippen molar-refractivity contribution in [2.45, 2.75) is 51.5 Å². The average Bonchev–Trinajstić information content (AvgIpc) is 3.04. The Morgan fingerprint density at radius 2 is 1.54 bits per heavy atom. The first-order valence-electron chi connectivity index (χ1n) is 11.9. The summed E-state index contributed by atoms with van der Waals surface area (Å²) in [6, 6.07) is 13.5. The largest absolute Gasteiger partial charge is 0.478 e. The van der Waals surface area contributed by atoms with E-state index in [4.69, 9.17) is 0 Å². The third-order valence-corrected chi connectivity index (χ3v) is 6.50. The van der Waals surface area contributed by atoms with E-state index in [-0.39, 0.29) is 22.5 Å². The van der Waals surface area contributed by atoms with Gasteiger partial charge in [-0.2, -0.15) is 0 Å². The Bertz CT molecular complexity index is 1180. The molecule has 1 fully saturated rings. The number of hydrogen-bond donors (Lipinski definition) is 3. The van der Waals surface area contributed by atoms with Crippen molar-refractivity contribution in [3.63, 3.8) is 0 Å². The summed E-state index contributed by atoms with van der Waals surface area (Å²) in [6.45, 7) is 0.584. The molecule has 3 aromatic rings. The normalized spacial score (nSPS) is 14.3. The molecular formula is C27H29N3O5. The molecule has 8 nitrogen and oxygen atoms in total. The molecule has 35 heavy (non-hydrogen) atoms. The van der Waals surface area contributed by atoms with Crippen molar-refractivity contribution in [1.82, 2.24) is 9.55 Å². The van der Waals surface area contributed by atoms with Crippen LogP contribution < -0.4 is 5.32 Å². The number of rotatable bonds is 8. The molecule has 0 saturated heterocycles. The molecule has 1 heterocycles. The Kier molecular flexibility index (Phi) is 7.60. The summed E-state index contributed by atoms with van der Waals surface area (Å²) in [5, 5.41) is 21.4. The van der Waals surface area contributed by atoms with Gasteiger partial charge in [0.1, 0.15) is 5.69 Å². The fourth-order valence-corrected chi connectivity index (χ4v) is 4.71. The van der Waals surface area contributed by atoms with E-state index in [2.05, 4.69) is 10.3 Å². The monoisotopic (exact) mass is 475 g/mol. The van der Waals surface area contributed by atoms with Crippen LogP contribution in [0.1, 0.15) is 81.0 Å². The van der Waals surface area contributed by atoms with Crippen LogP contribution in [0.15, 0.2) is 54.9 Å². The maximum absolute atomic E-state index is 13.3. The molecule has 1 aliphatic carbocycles. The second-order valence-electron chi connectivity index (χ2n) is 9.08. The number of carboxylic acid groups (broad SMARTS) is 2. The summed E-state index contributed by atoms with van der Waals surface area (Å²) in [4.78, 5) is 40.6. The molecule has 182 valence electrons. The van der Waals surface area contributed by atoms with E-state index in [1.807, 2.05) is 34.9 Å². The van der Waals surface area contributed by atoms with Gasteiger partial charge in [-0.3, -0.25) is 4.79 Å². The lowest BCUT2D eigenvalue weighted by molar-refractivity contribution is 0.0696. The Hall–Kier alpha value is -3.94. The molecule has 1 aromatic heterocycles. The quantitative estimate of drug-likeness (QED) is 0.390. The Morgan fingerprint density at radius 3 is 2.14 bits per heavy atom. The van der Waals surface area contributed by atoms with E-state index in [0.29, 0.717) is 12.5 Å². The van der Waals surface area contributed by atoms with Crippen molar-refractivity contribution in [3.05, 3.63) is 82.9 Å². The predicted molar refractivity (Wildman–Crippen MR) is 131 cm³/mol. The van der Waals surface area contributed by atoms with Crippen LogP contribution in [0.3, 0.4) is 0 Å². The number of nitrogens with zero attached hydrogens (tertiary/aromatic N) is 2. The molecule has 4 rings (SSSR count). The van der Waals surface area contributed by atoms with Crippen LogP contribution in [0.2, 0.25) is 0 Å². The summed E-state index contributed by atoms with van der Waals surface area (Å²) in [6.07, 6.45) is 9.45. The van der Waals surface area contributed by atoms with Crippen LogP contribution in [0.5, 0.6) is 0 Å². The molecule has 1 saturated carbocycles. The highest BCUT2D eigenvalue weighted by Crippen LogP contribution is 2.28. The molecule has 0 atom stereocenters. The van der Waals surface area contributed by atoms with Gasteiger partial charge in [0.25, 0.3) is 5.91 Å². The molecule has 0 bridgehead atoms. The zero-order valence-corrected chi connectivity index (χ0v) is 19.4. The van der Waals surface area contributed by atoms with Crippen LogP contribution >= 0.6 is 0 Å². The van der Waals surface area contributed by atoms with Gasteiger partial charge in [0.2, 0.25) is 0 Å². The van der Waals surface area contributed by atoms with Crippen LogP contribution in [0.25, 0.3) is 0 Å². The highest BCUT2D eigenvalue weighted by atomic mass is 16.4. The van der Waals surface area contributed by atoms with Gasteiger partial charge in [0, 0.05) is 12.2 Å². The number of anilines is 1. The van der Waals surface area contributed by atoms with Crippen molar-refractivity contribution in [2.75, 3.05) is 5.32 Å². The van der Waals surface area contributed by atoms with Crippen molar-refractivity contribution < 1.29 is 24.6 Å². The predicted octanol–water partition coefficient (Wildman–Crippen LogP) is 5.09. The van der Waals surface area contributed by atoms with Crippen molar-refractivity contribution in [3.8, 4) is 0 Å². The highest BCUT2D eigenvalue weighted by Gasteiger charge is 2.23. The average molecular weight is 476 g/mol. The molecule has 0 spiro atoms. The van der Waals surface area contributed by atoms with Crippen molar-refractivity contribution in [2.24, 2.45) is 5.92 Å². The second kappa shape index (κ2) is 11.0. The number of aromatic nitrogens is 2. The van der Waals surface area contributed by atoms with E-state index in [0.717, 1.165) is 36.6 Å². The lowest BCUT2D eigenvalue weighted by Gasteiger charge is -2.17. The minimum absolute atomic E-state index is 0.102. The zero-order valence-electron chi connectivity index (χ0n) is 19.4. The van der Waals surface area contributed by atoms with Gasteiger partial charge in [-0.1, -0.05) is 68.9 Å². The number of aromatic carboxylic acids is 2. The highest BCUT2D eigenvalue weighted by molar-refractivity contribution is 6.05. The third-order valence-electron chi connectivity index (χ3n) is 6.50. The molecule has 0 radical (unpaired) electrons. The van der Waals surface area contributed by atoms with Gasteiger partial charge in [-0.25, -0.2) is 14.6 Å². The molecule has 1 aliphatic rings. The number of carbonyl (C=O) groups is 3. The minimum Gasteiger partial charge on any atom is -0.478 e. The maximum atomic E-state index is 13.3. The maximum Gasteiger partial charge on any atom is 0.335 e. The Balaban J connectivity index is 1.64. The summed E-state index contributed by atoms with van der Waals surface area (Å²) >= 11 is 0. The standard InChI is InChI=1S/C27H29N3O5/c31-25(29-22-14-20(26(32)33)13-21(15-22)27(34)35)24-23(12-18-8-4-1-2-5-9-18)30(17-28-24)16-19-10-6-3-7-11-19/h3,6-7,10-11,13-15,17-18H,1-2,4-5,8-9,12,16H2,(H,29,31)(H,32,33)(H,34,35). The number of amides is 1. The van der Waals surface area contributed by atoms with Crippen LogP contribution in [-0.2, 0) is 13.0 Å². The van der Waals surface area contributed by atoms with E-state index >= 15 is 0 Å². The van der Waals surface area contributed by atoms with Crippen molar-refractivity contribution in [1.29, 1.82) is 0 Å². The zero-order chi connectivity index (χ0) is 24.8. The first-order valence-corrected chi connectivity index (χ1v) is 11.9. The fraction of sp³-hybridized carbons (Fsp3) is 0.333. The lowest BCUT2D eigenvalue weighted by atomic mass is 9.94. The number of carboxylic acids is 2. The first-order chi connectivity index (χ1) is 16.9. The number of benzene rings is 2. The van der Waals surface area contributed by atoms with Crippen LogP contribution in [-0.4, -0.2) is 37.6 Å². The third kappa shape index (κ3) is 6.15. The molecule has 2 aromatic carbocycles. The topological polar surface area (TPSA) is 122 Å². The first kappa shape index (κ1) is 24.2. The molecule has 0 unspecified atom stereocenters. The van der Waals surface area contributed by atoms with Gasteiger partial charge in [0.05, 0.1) is 23.1 Å². The number of imidazole rings is 1. The smallest absolute Gasteiger partial charge is 0.335 e. The summed E-state index contributed by atoms with van der Waals surface area (Å²) in [5.74, 6) is -2.57. The van der Waals surface area contributed by atoms with Crippen LogP contribution in [0.4, 0.5) is 5.69 Å². The molecule has 1 amide bonds. The Morgan fingerprint density at radius 1 is 0.914 bits per heavy atom. The summed E-state index contributed by atoms with van der Waals surface area (Å²) in [5.41, 5.74) is 1.89. The van der Waals surface area contributed by atoms with Gasteiger partial charge >= 0.3 is 11.9 Å². The van der Waals surface area contributed by atoms with Gasteiger partial charge in [-0.15, -0.1) is 0 Å². The van der Waals surface area contributed by atoms with E-state index in [9.17, 15) is 24.6 Å². The number of carbonyl (C=O) groups excluding carboxylic acids is 1. The summed E-state index contributed by atoms with van der Waals surface area (Å²) in [7, 11) is 0. The second-order valence-corrected chi connectivity index (χ2v) is 9.08. The Labute approximate surface area is 203 Å². The SMILES string of the molecule is O=C(O)c1cc(NC(=O)c2ncn(Cc3ccccc3)c2CC2CCCCCC2)cc(C(=O)O)c1. The van der Waals surface area contributed by atoms with E-state index in [1.54, 1.807) is 6.33 Å². The van der Waals surface area contributed by atoms with Crippen molar-refractivity contribution >= 4 is 23.5 Å². The molecule has 3 N–H and O–H groups in total. The van der Waals surface area contributed by atoms with Gasteiger partial charge in [-0.05, 0) is 36.1 Å². The van der Waals surface area contributed by atoms with E-state index < -0.39 is 17.8 Å². The van der Waals surface area contributed by atoms with Crippen LogP contribution in [0, 0.1) is 5.92 Å². The lowest BCUT2D eigenvalue weighted by Crippen LogP contribution is -2.19. The van der Waals surface area contributed by atoms with E-state index in [1.165, 1.54) is 37.8 Å². The summed E-state index contributed by atoms with van der Waals surface area (Å²) < 4.78 is 2.01. The molecule has 0 aliphatic heterocycles. The fourth-order valence-electron chi connectivity index (χ4n) is 4.71. The molecular weight excluding hydrogens is 446 g/mol. The van der Waals surface area contributed by atoms with Gasteiger partial charge < -0.3 is 20.1 Å². The minimum atomic E-state index is -1.27. The van der Waals surface area contributed by atoms with Gasteiger partial charge in [0.15, 0.2) is 0 Å². The number of hydrogen-bond acceptors (Lipinski definition) is 4. The number of nitrogens with one attached hydrogen (secondary N) is 1.